The molecule has 4 heteroatoms. The van der Waals surface area contributed by atoms with Crippen LogP contribution in [0, 0.1) is 0 Å². The summed E-state index contributed by atoms with van der Waals surface area (Å²) in [6.45, 7) is 1.99. The van der Waals surface area contributed by atoms with Gasteiger partial charge < -0.3 is 9.47 Å². The van der Waals surface area contributed by atoms with Crippen LogP contribution in [0.3, 0.4) is 0 Å². The van der Waals surface area contributed by atoms with Crippen LogP contribution in [-0.4, -0.2) is 24.6 Å². The lowest BCUT2D eigenvalue weighted by molar-refractivity contribution is 0.411. The summed E-state index contributed by atoms with van der Waals surface area (Å²) in [5, 5.41) is 1.30. The van der Waals surface area contributed by atoms with Crippen LogP contribution >= 0.6 is 0 Å². The summed E-state index contributed by atoms with van der Waals surface area (Å²) in [6.07, 6.45) is -1.83. The standard InChI is InChI=1S/C15H18O3S/c1-5-10-6-13-12(14(7-10)18-3)8-11(17-2)9-15(13)19(4)16/h6-9H,5H2,1-4H3/i4+1D2H. The second-order valence-corrected chi connectivity index (χ2v) is 5.12. The third-order valence-electron chi connectivity index (χ3n) is 3.09. The zero-order valence-corrected chi connectivity index (χ0v) is 12.0. The number of rotatable bonds is 4. The Morgan fingerprint density at radius 2 is 2.05 bits per heavy atom. The average molecular weight is 281 g/mol. The van der Waals surface area contributed by atoms with Gasteiger partial charge in [0.15, 0.2) is 0 Å². The highest BCUT2D eigenvalue weighted by Gasteiger charge is 2.12. The van der Waals surface area contributed by atoms with E-state index in [1.165, 1.54) is 13.2 Å². The monoisotopic (exact) mass is 281 g/mol. The Kier molecular flexibility index (Phi) is 3.03. The van der Waals surface area contributed by atoms with Gasteiger partial charge in [-0.1, -0.05) is 6.92 Å². The molecule has 0 saturated heterocycles. The third kappa shape index (κ3) is 2.59. The molecule has 102 valence electrons. The predicted octanol–water partition coefficient (Wildman–Crippen LogP) is 3.16. The SMILES string of the molecule is [1H][13C]([2H])([2H])S(=O)c1cc(OC)cc2c(OC)cc(CC)cc12. The van der Waals surface area contributed by atoms with Crippen LogP contribution in [0.1, 0.15) is 16.6 Å². The molecule has 0 fully saturated rings. The summed E-state index contributed by atoms with van der Waals surface area (Å²) < 4.78 is 45.3. The van der Waals surface area contributed by atoms with Gasteiger partial charge in [-0.05, 0) is 36.2 Å². The van der Waals surface area contributed by atoms with Gasteiger partial charge in [-0.3, -0.25) is 4.21 Å². The molecule has 2 aromatic carbocycles. The van der Waals surface area contributed by atoms with Crippen LogP contribution in [0.15, 0.2) is 29.2 Å². The third-order valence-corrected chi connectivity index (χ3v) is 3.83. The van der Waals surface area contributed by atoms with Crippen molar-refractivity contribution in [2.75, 3.05) is 20.4 Å². The molecule has 0 aliphatic rings. The van der Waals surface area contributed by atoms with Gasteiger partial charge in [0, 0.05) is 21.1 Å². The molecule has 19 heavy (non-hydrogen) atoms. The molecule has 0 radical (unpaired) electrons. The number of methoxy groups -OCH3 is 2. The van der Waals surface area contributed by atoms with E-state index < -0.39 is 17.0 Å². The number of benzene rings is 2. The van der Waals surface area contributed by atoms with Gasteiger partial charge in [-0.25, -0.2) is 0 Å². The van der Waals surface area contributed by atoms with Crippen LogP contribution in [-0.2, 0) is 17.2 Å². The van der Waals surface area contributed by atoms with E-state index in [4.69, 9.17) is 13.6 Å². The van der Waals surface area contributed by atoms with Gasteiger partial charge in [0.1, 0.15) is 11.5 Å². The Morgan fingerprint density at radius 3 is 2.63 bits per heavy atom. The van der Waals surface area contributed by atoms with Crippen LogP contribution in [0.4, 0.5) is 0 Å². The Labute approximate surface area is 120 Å². The topological polar surface area (TPSA) is 35.5 Å². The first-order chi connectivity index (χ1) is 10.3. The number of aryl methyl sites for hydroxylation is 1. The minimum Gasteiger partial charge on any atom is -0.497 e. The van der Waals surface area contributed by atoms with E-state index in [1.807, 2.05) is 19.1 Å². The van der Waals surface area contributed by atoms with Gasteiger partial charge in [-0.15, -0.1) is 0 Å². The van der Waals surface area contributed by atoms with Crippen molar-refractivity contribution in [1.29, 1.82) is 0 Å². The van der Waals surface area contributed by atoms with Crippen LogP contribution in [0.25, 0.3) is 10.8 Å². The molecular weight excluding hydrogens is 261 g/mol. The molecule has 0 aliphatic carbocycles. The molecule has 1 unspecified atom stereocenters. The zero-order valence-electron chi connectivity index (χ0n) is 14.1. The fourth-order valence-corrected chi connectivity index (χ4v) is 2.66. The van der Waals surface area contributed by atoms with Crippen LogP contribution in [0.2, 0.25) is 0 Å². The Hall–Kier alpha value is -1.55. The normalized spacial score (nSPS) is 15.4. The van der Waals surface area contributed by atoms with Crippen molar-refractivity contribution in [2.24, 2.45) is 0 Å². The van der Waals surface area contributed by atoms with E-state index in [-0.39, 0.29) is 4.90 Å². The van der Waals surface area contributed by atoms with Crippen molar-refractivity contribution in [3.8, 4) is 11.5 Å². The van der Waals surface area contributed by atoms with Crippen molar-refractivity contribution in [3.05, 3.63) is 29.8 Å². The maximum absolute atomic E-state index is 12.4. The molecule has 3 nitrogen and oxygen atoms in total. The lowest BCUT2D eigenvalue weighted by Gasteiger charge is -2.13. The summed E-state index contributed by atoms with van der Waals surface area (Å²) in [5.41, 5.74) is 0.985. The van der Waals surface area contributed by atoms with Crippen molar-refractivity contribution in [2.45, 2.75) is 18.2 Å². The van der Waals surface area contributed by atoms with Gasteiger partial charge in [0.05, 0.1) is 29.9 Å². The molecule has 0 bridgehead atoms. The second kappa shape index (κ2) is 5.61. The summed E-state index contributed by atoms with van der Waals surface area (Å²) in [5.74, 6) is 1.06. The van der Waals surface area contributed by atoms with Gasteiger partial charge >= 0.3 is 0 Å². The first-order valence-electron chi connectivity index (χ1n) is 7.42. The second-order valence-electron chi connectivity index (χ2n) is 4.14. The first kappa shape index (κ1) is 10.3. The van der Waals surface area contributed by atoms with Crippen molar-refractivity contribution >= 4 is 21.6 Å². The fraction of sp³-hybridized carbons (Fsp3) is 0.333. The summed E-state index contributed by atoms with van der Waals surface area (Å²) >= 11 is 0. The van der Waals surface area contributed by atoms with E-state index >= 15 is 0 Å². The molecule has 0 N–H and O–H groups in total. The van der Waals surface area contributed by atoms with E-state index in [2.05, 4.69) is 0 Å². The Morgan fingerprint density at radius 1 is 1.26 bits per heavy atom. The summed E-state index contributed by atoms with van der Waals surface area (Å²) in [6, 6.07) is 7.03. The van der Waals surface area contributed by atoms with Crippen molar-refractivity contribution in [1.82, 2.24) is 0 Å². The fourth-order valence-electron chi connectivity index (χ4n) is 2.07. The van der Waals surface area contributed by atoms with Crippen LogP contribution in [0.5, 0.6) is 11.5 Å². The molecule has 0 aromatic heterocycles. The Balaban J connectivity index is 2.86. The minimum atomic E-state index is -2.59. The number of hydrogen-bond acceptors (Lipinski definition) is 3. The minimum absolute atomic E-state index is 0.239. The van der Waals surface area contributed by atoms with E-state index in [0.717, 1.165) is 12.0 Å². The van der Waals surface area contributed by atoms with Crippen molar-refractivity contribution < 1.29 is 17.8 Å². The molecular formula is C15H18O3S. The lowest BCUT2D eigenvalue weighted by Crippen LogP contribution is -1.96. The summed E-state index contributed by atoms with van der Waals surface area (Å²) in [4.78, 5) is 0.239. The molecule has 0 saturated carbocycles. The molecule has 0 aliphatic heterocycles. The molecule has 0 heterocycles. The van der Waals surface area contributed by atoms with Crippen LogP contribution < -0.4 is 9.47 Å². The number of fused-ring (bicyclic) bond motifs is 1. The first-order valence-corrected chi connectivity index (χ1v) is 7.07. The molecule has 0 spiro atoms. The lowest BCUT2D eigenvalue weighted by atomic mass is 10.0. The highest BCUT2D eigenvalue weighted by molar-refractivity contribution is 7.84. The summed E-state index contributed by atoms with van der Waals surface area (Å²) in [7, 11) is 0.889. The van der Waals surface area contributed by atoms with E-state index in [9.17, 15) is 4.21 Å². The molecule has 2 rings (SSSR count). The van der Waals surface area contributed by atoms with Crippen molar-refractivity contribution in [3.63, 3.8) is 0 Å². The van der Waals surface area contributed by atoms with E-state index in [0.29, 0.717) is 22.3 Å². The molecule has 2 aromatic rings. The number of hydrogen-bond donors (Lipinski definition) is 0. The quantitative estimate of drug-likeness (QED) is 0.808. The van der Waals surface area contributed by atoms with Gasteiger partial charge in [0.2, 0.25) is 0 Å². The maximum atomic E-state index is 12.4. The van der Waals surface area contributed by atoms with E-state index in [1.54, 1.807) is 13.2 Å². The van der Waals surface area contributed by atoms with Gasteiger partial charge in [0.25, 0.3) is 0 Å². The largest absolute Gasteiger partial charge is 0.497 e. The Bertz CT molecular complexity index is 726. The molecule has 0 amide bonds. The highest BCUT2D eigenvalue weighted by Crippen LogP contribution is 2.35. The average Bonchev–Trinajstić information content (AvgIpc) is 2.50. The molecule has 1 atom stereocenters. The highest BCUT2D eigenvalue weighted by atomic mass is 32.2. The number of ether oxygens (including phenoxy) is 2. The maximum Gasteiger partial charge on any atom is 0.127 e. The van der Waals surface area contributed by atoms with Gasteiger partial charge in [-0.2, -0.15) is 0 Å². The smallest absolute Gasteiger partial charge is 0.127 e. The zero-order chi connectivity index (χ0) is 16.5. The predicted molar refractivity (Wildman–Crippen MR) is 78.8 cm³/mol.